The van der Waals surface area contributed by atoms with E-state index in [1.54, 1.807) is 30.3 Å². The number of esters is 12. The average molecular weight is 2190 g/mol. The van der Waals surface area contributed by atoms with E-state index in [0.717, 1.165) is 96.0 Å². The van der Waals surface area contributed by atoms with Gasteiger partial charge in [0.05, 0.1) is 70.9 Å². The first kappa shape index (κ1) is 120. The van der Waals surface area contributed by atoms with Crippen molar-refractivity contribution in [3.05, 3.63) is 35.9 Å². The van der Waals surface area contributed by atoms with Gasteiger partial charge in [-0.25, -0.2) is 25.3 Å². The van der Waals surface area contributed by atoms with E-state index < -0.39 is 390 Å². The van der Waals surface area contributed by atoms with E-state index in [0.29, 0.717) is 32.1 Å². The van der Waals surface area contributed by atoms with Crippen molar-refractivity contribution in [2.45, 2.75) is 308 Å². The fraction of sp³-hybridized carbons (Fsp3) is 0.734. The zero-order valence-electron chi connectivity index (χ0n) is 85.4. The quantitative estimate of drug-likeness (QED) is 0.0202. The van der Waals surface area contributed by atoms with Gasteiger partial charge in [0.25, 0.3) is 5.91 Å². The highest BCUT2D eigenvalue weighted by atomic mass is 32.2. The maximum atomic E-state index is 15.7. The molecule has 3 saturated carbocycles. The topological polar surface area (TPSA) is 701 Å². The van der Waals surface area contributed by atoms with Gasteiger partial charge in [-0.2, -0.15) is 12.9 Å². The average Bonchev–Trinajstić information content (AvgIpc) is 0.961. The number of nitrogens with zero attached hydrogens (tertiary/aromatic N) is 3. The first-order valence-corrected chi connectivity index (χ1v) is 54.5. The second kappa shape index (κ2) is 55.3. The number of amides is 7. The van der Waals surface area contributed by atoms with Crippen molar-refractivity contribution < 1.29 is 202 Å². The molecule has 0 bridgehead atoms. The molecule has 0 unspecified atom stereocenters. The summed E-state index contributed by atoms with van der Waals surface area (Å²) in [5, 5.41) is 17.2. The number of carbonyl (C=O) groups excluding carboxylic acids is 19. The Bertz CT molecular complexity index is 5370. The number of carbonyl (C=O) groups is 19. The molecule has 0 radical (unpaired) electrons. The summed E-state index contributed by atoms with van der Waals surface area (Å²) in [5.74, 6) is -25.3. The normalized spacial score (nSPS) is 30.0. The van der Waals surface area contributed by atoms with Crippen LogP contribution in [0.25, 0.3) is 0 Å². The largest absolute Gasteiger partial charge is 0.463 e. The third-order valence-corrected chi connectivity index (χ3v) is 32.4. The molecule has 7 amide bonds. The minimum atomic E-state index is -4.59. The molecule has 10 rings (SSSR count). The van der Waals surface area contributed by atoms with Crippen LogP contribution in [0.3, 0.4) is 0 Å². The lowest BCUT2D eigenvalue weighted by Gasteiger charge is -2.44. The standard InChI is InChI=1S/C94H136N10O43S3/c1-48(105)133-45-73-76(136-51(4)108)79(139-54(7)111)82(142-57(10)114)92(145-73)130-33-16-19-36-148(124,125)102-39-64(89(121)97-67-30-22-27-61(67)85(95)117)70(42-102)99-88(120)63-29-24-32-69(63)98-90(122)65-40-103(149(126,127)37-20-17-34-131-93-83(143-58(11)115)80(140-55(8)112)77(137-52(5)109)74(146-93)46-134-49(2)106)44-72(65)101-91(123)66-41-104(43-71(66)100-87(119)62-28-23-31-68(62)96-86(118)60-25-14-13-15-26-60)150(128,129)38-21-18-35-132-94-84(144-59(12)116)81(141-56(9)113)78(138-53(6)110)75(147-94)47-135-50(3)107/h13-15,25-26,61-84,92-94H,16-24,27-47H2,1-12H3,(H2,95,117)(H,96,118)(H,97,121)(H,98,122)(H,99,120)(H,100,119)(H,101,123)/t61-,62-,63-,64-,65-,66-,67-,68-,69-,70-,71-,72-,73-,74-,75-,76+,77+,78+,79+,80+,81+,82-,83-,84-,92-,93-,94-/m1/s1. The molecule has 838 valence electrons. The molecule has 8 N–H and O–H groups in total. The summed E-state index contributed by atoms with van der Waals surface area (Å²) in [4.78, 5) is 251. The van der Waals surface area contributed by atoms with E-state index in [2.05, 4.69) is 31.9 Å². The van der Waals surface area contributed by atoms with Gasteiger partial charge in [-0.15, -0.1) is 0 Å². The van der Waals surface area contributed by atoms with Gasteiger partial charge in [0.2, 0.25) is 65.5 Å². The van der Waals surface area contributed by atoms with Crippen LogP contribution < -0.4 is 37.6 Å². The van der Waals surface area contributed by atoms with Gasteiger partial charge in [0.15, 0.2) is 73.8 Å². The predicted octanol–water partition coefficient (Wildman–Crippen LogP) is -2.48. The van der Waals surface area contributed by atoms with Crippen LogP contribution in [0.5, 0.6) is 0 Å². The predicted molar refractivity (Wildman–Crippen MR) is 507 cm³/mol. The molecular weight excluding hydrogens is 2050 g/mol. The number of nitrogens with one attached hydrogen (secondary N) is 6. The van der Waals surface area contributed by atoms with Crippen LogP contribution in [0.4, 0.5) is 0 Å². The van der Waals surface area contributed by atoms with Gasteiger partial charge in [-0.05, 0) is 89.2 Å². The van der Waals surface area contributed by atoms with E-state index in [4.69, 9.17) is 91.0 Å². The number of sulfonamides is 3. The smallest absolute Gasteiger partial charge is 0.303 e. The Labute approximate surface area is 866 Å². The van der Waals surface area contributed by atoms with Crippen LogP contribution >= 0.6 is 0 Å². The summed E-state index contributed by atoms with van der Waals surface area (Å²) in [6, 6.07) is 1.23. The van der Waals surface area contributed by atoms with E-state index in [-0.39, 0.29) is 83.0 Å². The molecule has 9 aliphatic rings. The number of hydrogen-bond acceptors (Lipinski definition) is 43. The maximum absolute atomic E-state index is 15.7. The number of primary amides is 1. The summed E-state index contributed by atoms with van der Waals surface area (Å²) in [6.07, 6.45) is -21.8. The zero-order chi connectivity index (χ0) is 110. The number of hydrogen-bond donors (Lipinski definition) is 7. The summed E-state index contributed by atoms with van der Waals surface area (Å²) in [5.41, 5.74) is 6.05. The molecule has 6 heterocycles. The Hall–Kier alpha value is -11.4. The van der Waals surface area contributed by atoms with Crippen molar-refractivity contribution in [3.63, 3.8) is 0 Å². The minimum absolute atomic E-state index is 0.0597. The molecule has 6 saturated heterocycles. The Kier molecular flexibility index (Phi) is 44.4. The lowest BCUT2D eigenvalue weighted by Crippen LogP contribution is -2.63. The highest BCUT2D eigenvalue weighted by Crippen LogP contribution is 2.39. The number of nitrogens with two attached hydrogens (primary N) is 1. The lowest BCUT2D eigenvalue weighted by molar-refractivity contribution is -0.308. The Balaban J connectivity index is 0.900. The van der Waals surface area contributed by atoms with E-state index in [1.807, 2.05) is 0 Å². The second-order valence-electron chi connectivity index (χ2n) is 38.2. The highest BCUT2D eigenvalue weighted by molar-refractivity contribution is 7.89. The molecule has 0 spiro atoms. The Morgan fingerprint density at radius 3 is 0.813 bits per heavy atom. The Morgan fingerprint density at radius 1 is 0.293 bits per heavy atom. The number of rotatable bonds is 49. The first-order chi connectivity index (χ1) is 70.8. The molecule has 150 heavy (non-hydrogen) atoms. The number of ether oxygens (including phenoxy) is 18. The van der Waals surface area contributed by atoms with Crippen molar-refractivity contribution in [2.24, 2.45) is 41.2 Å². The summed E-state index contributed by atoms with van der Waals surface area (Å²) in [7, 11) is -13.5. The van der Waals surface area contributed by atoms with Crippen LogP contribution in [0.1, 0.15) is 190 Å². The fourth-order valence-electron chi connectivity index (χ4n) is 20.0. The van der Waals surface area contributed by atoms with Crippen LogP contribution in [-0.4, -0.2) is 376 Å². The number of unbranched alkanes of at least 4 members (excludes halogenated alkanes) is 3. The van der Waals surface area contributed by atoms with Gasteiger partial charge in [0.1, 0.15) is 38.1 Å². The third kappa shape index (κ3) is 34.3. The summed E-state index contributed by atoms with van der Waals surface area (Å²) >= 11 is 0. The monoisotopic (exact) mass is 2190 g/mol. The van der Waals surface area contributed by atoms with Crippen molar-refractivity contribution in [1.29, 1.82) is 0 Å². The van der Waals surface area contributed by atoms with Gasteiger partial charge >= 0.3 is 71.6 Å². The van der Waals surface area contributed by atoms with Crippen LogP contribution in [-0.2, 0) is 202 Å². The molecule has 27 atom stereocenters. The Morgan fingerprint density at radius 2 is 0.540 bits per heavy atom. The molecule has 3 aliphatic carbocycles. The van der Waals surface area contributed by atoms with Gasteiger partial charge in [0, 0.05) is 166 Å². The zero-order valence-corrected chi connectivity index (χ0v) is 87.8. The van der Waals surface area contributed by atoms with Crippen molar-refractivity contribution in [1.82, 2.24) is 44.8 Å². The molecule has 9 fully saturated rings. The van der Waals surface area contributed by atoms with E-state index >= 15 is 22.8 Å². The molecule has 53 nitrogen and oxygen atoms in total. The highest BCUT2D eigenvalue weighted by Gasteiger charge is 2.59. The van der Waals surface area contributed by atoms with Crippen LogP contribution in [0.2, 0.25) is 0 Å². The van der Waals surface area contributed by atoms with Gasteiger partial charge in [-0.1, -0.05) is 37.5 Å². The first-order valence-electron chi connectivity index (χ1n) is 49.7. The third-order valence-electron chi connectivity index (χ3n) is 26.7. The fourth-order valence-corrected chi connectivity index (χ4v) is 24.8. The molecule has 1 aromatic rings. The van der Waals surface area contributed by atoms with Crippen molar-refractivity contribution >= 4 is 143 Å². The summed E-state index contributed by atoms with van der Waals surface area (Å²) < 4.78 is 193. The number of benzene rings is 1. The van der Waals surface area contributed by atoms with Gasteiger partial charge in [-0.3, -0.25) is 91.1 Å². The molecule has 6 aliphatic heterocycles. The van der Waals surface area contributed by atoms with Gasteiger partial charge < -0.3 is 123 Å². The van der Waals surface area contributed by atoms with Crippen LogP contribution in [0.15, 0.2) is 30.3 Å². The van der Waals surface area contributed by atoms with Crippen molar-refractivity contribution in [3.8, 4) is 0 Å². The maximum Gasteiger partial charge on any atom is 0.303 e. The second-order valence-corrected chi connectivity index (χ2v) is 44.5. The molecule has 56 heteroatoms. The SMILES string of the molecule is CC(=O)OC[C@H]1O[C@@H](OCCCCS(=O)(=O)N2C[C@@H](NC(=O)[C@@H]3CCC[C@H]3NC(=O)[C@@H]3CN(S(=O)(=O)CCCCO[C@@H]4O[C@H](COC(C)=O)[C@H](OC(C)=O)[C@H](OC(C)=O)[C@H]4OC(C)=O)C[C@H]3NC(=O)[C@@H]3CN(S(=O)(=O)CCCCO[C@@H]4O[C@H](COC(C)=O)[C@H](OC(C)=O)[C@H](OC(C)=O)[C@H]4OC(C)=O)C[C@H]3NC(=O)[C@@H]3CCC[C@H]3NC(=O)c3ccccc3)[C@H](C(=O)N[C@@H]3CCC[C@H]3C(N)=O)C2)[C@H](OC(C)=O)[C@@H](OC(C)=O)[C@H]1OC(C)=O. The molecule has 0 aromatic heterocycles. The van der Waals surface area contributed by atoms with Crippen molar-refractivity contribution in [2.75, 3.05) is 96.2 Å². The molecule has 1 aromatic carbocycles. The lowest BCUT2D eigenvalue weighted by atomic mass is 9.95. The van der Waals surface area contributed by atoms with E-state index in [9.17, 15) is 93.5 Å². The molecular formula is C94H136N10O43S3. The summed E-state index contributed by atoms with van der Waals surface area (Å²) in [6.45, 7) is 5.98. The minimum Gasteiger partial charge on any atom is -0.463 e. The van der Waals surface area contributed by atoms with Crippen LogP contribution in [0, 0.1) is 35.5 Å². The van der Waals surface area contributed by atoms with E-state index in [1.165, 1.54) is 0 Å².